The summed E-state index contributed by atoms with van der Waals surface area (Å²) in [6.07, 6.45) is 1.93. The summed E-state index contributed by atoms with van der Waals surface area (Å²) >= 11 is 0. The van der Waals surface area contributed by atoms with Gasteiger partial charge < -0.3 is 14.8 Å². The molecule has 0 aromatic heterocycles. The first-order valence-electron chi connectivity index (χ1n) is 10.6. The Morgan fingerprint density at radius 2 is 1.68 bits per heavy atom. The van der Waals surface area contributed by atoms with Gasteiger partial charge >= 0.3 is 0 Å². The standard InChI is InChI=1S/C24H22N2O7S/c27-24(22-5-1-2-6-23(22)33-16-19-4-3-15-32-19)25-17-7-11-20(12-8-17)34(30,31)21-13-9-18(10-14-21)26(28)29/h1-2,5-14,19H,3-4,15-16H2,(H,25,27). The smallest absolute Gasteiger partial charge is 0.269 e. The second-order valence-electron chi connectivity index (χ2n) is 7.68. The SMILES string of the molecule is O=C(Nc1ccc(S(=O)(=O)c2ccc([N+](=O)[O-])cc2)cc1)c1ccccc1OCC1CCCO1. The van der Waals surface area contributed by atoms with Crippen LogP contribution in [-0.4, -0.2) is 38.6 Å². The molecule has 1 aliphatic heterocycles. The molecule has 176 valence electrons. The third-order valence-electron chi connectivity index (χ3n) is 5.36. The molecule has 1 aliphatic rings. The van der Waals surface area contributed by atoms with Gasteiger partial charge in [-0.15, -0.1) is 0 Å². The molecule has 1 amide bonds. The molecule has 3 aromatic rings. The van der Waals surface area contributed by atoms with Gasteiger partial charge in [0.15, 0.2) is 0 Å². The molecule has 1 atom stereocenters. The van der Waals surface area contributed by atoms with Crippen molar-refractivity contribution < 1.29 is 27.6 Å². The van der Waals surface area contributed by atoms with Crippen molar-refractivity contribution in [3.63, 3.8) is 0 Å². The van der Waals surface area contributed by atoms with E-state index in [1.54, 1.807) is 24.3 Å². The van der Waals surface area contributed by atoms with E-state index in [1.807, 2.05) is 0 Å². The van der Waals surface area contributed by atoms with E-state index in [0.29, 0.717) is 30.2 Å². The summed E-state index contributed by atoms with van der Waals surface area (Å²) in [5, 5.41) is 13.5. The topological polar surface area (TPSA) is 125 Å². The van der Waals surface area contributed by atoms with Crippen molar-refractivity contribution in [1.82, 2.24) is 0 Å². The number of carbonyl (C=O) groups is 1. The molecule has 34 heavy (non-hydrogen) atoms. The zero-order valence-electron chi connectivity index (χ0n) is 18.0. The van der Waals surface area contributed by atoms with Crippen LogP contribution in [0.1, 0.15) is 23.2 Å². The van der Waals surface area contributed by atoms with E-state index in [2.05, 4.69) is 5.32 Å². The first-order chi connectivity index (χ1) is 16.3. The summed E-state index contributed by atoms with van der Waals surface area (Å²) in [4.78, 5) is 23.0. The normalized spacial score (nSPS) is 15.6. The Hall–Kier alpha value is -3.76. The minimum absolute atomic E-state index is 0.000325. The highest BCUT2D eigenvalue weighted by Crippen LogP contribution is 2.25. The number of hydrogen-bond acceptors (Lipinski definition) is 7. The zero-order valence-corrected chi connectivity index (χ0v) is 18.9. The predicted molar refractivity (Wildman–Crippen MR) is 124 cm³/mol. The zero-order chi connectivity index (χ0) is 24.1. The second-order valence-corrected chi connectivity index (χ2v) is 9.62. The predicted octanol–water partition coefficient (Wildman–Crippen LogP) is 4.24. The third-order valence-corrected chi connectivity index (χ3v) is 7.15. The molecule has 0 bridgehead atoms. The maximum absolute atomic E-state index is 12.8. The van der Waals surface area contributed by atoms with Gasteiger partial charge in [0.1, 0.15) is 12.4 Å². The monoisotopic (exact) mass is 482 g/mol. The average Bonchev–Trinajstić information content (AvgIpc) is 3.37. The number of nitrogens with one attached hydrogen (secondary N) is 1. The fourth-order valence-electron chi connectivity index (χ4n) is 3.54. The summed E-state index contributed by atoms with van der Waals surface area (Å²) in [6.45, 7) is 1.07. The first kappa shape index (κ1) is 23.4. The van der Waals surface area contributed by atoms with Crippen LogP contribution in [0.5, 0.6) is 5.75 Å². The number of rotatable bonds is 8. The number of hydrogen-bond donors (Lipinski definition) is 1. The van der Waals surface area contributed by atoms with Gasteiger partial charge in [-0.05, 0) is 61.4 Å². The molecule has 0 aliphatic carbocycles. The first-order valence-corrected chi connectivity index (χ1v) is 12.1. The minimum Gasteiger partial charge on any atom is -0.490 e. The summed E-state index contributed by atoms with van der Waals surface area (Å²) in [7, 11) is -3.87. The van der Waals surface area contributed by atoms with Crippen LogP contribution in [0.25, 0.3) is 0 Å². The molecule has 10 heteroatoms. The fourth-order valence-corrected chi connectivity index (χ4v) is 4.80. The van der Waals surface area contributed by atoms with Crippen LogP contribution in [0.2, 0.25) is 0 Å². The van der Waals surface area contributed by atoms with Gasteiger partial charge in [-0.1, -0.05) is 12.1 Å². The molecule has 0 saturated carbocycles. The molecular formula is C24H22N2O7S. The summed E-state index contributed by atoms with van der Waals surface area (Å²) in [5.41, 5.74) is 0.557. The van der Waals surface area contributed by atoms with Crippen LogP contribution in [0.3, 0.4) is 0 Å². The van der Waals surface area contributed by atoms with Crippen molar-refractivity contribution in [2.75, 3.05) is 18.5 Å². The Bertz CT molecular complexity index is 1280. The van der Waals surface area contributed by atoms with Gasteiger partial charge in [-0.3, -0.25) is 14.9 Å². The van der Waals surface area contributed by atoms with Crippen molar-refractivity contribution in [2.45, 2.75) is 28.7 Å². The van der Waals surface area contributed by atoms with Crippen LogP contribution in [0.15, 0.2) is 82.6 Å². The lowest BCUT2D eigenvalue weighted by Crippen LogP contribution is -2.19. The summed E-state index contributed by atoms with van der Waals surface area (Å²) in [6, 6.07) is 17.2. The van der Waals surface area contributed by atoms with E-state index in [9.17, 15) is 23.3 Å². The van der Waals surface area contributed by atoms with Gasteiger partial charge in [-0.25, -0.2) is 8.42 Å². The number of nitro benzene ring substituents is 1. The molecule has 4 rings (SSSR count). The number of sulfone groups is 1. The third kappa shape index (κ3) is 5.24. The van der Waals surface area contributed by atoms with Crippen LogP contribution in [-0.2, 0) is 14.6 Å². The Labute approximate surface area is 196 Å². The number of amides is 1. The Morgan fingerprint density at radius 1 is 1.03 bits per heavy atom. The second kappa shape index (κ2) is 10.0. The quantitative estimate of drug-likeness (QED) is 0.376. The molecule has 0 spiro atoms. The molecule has 9 nitrogen and oxygen atoms in total. The van der Waals surface area contributed by atoms with E-state index < -0.39 is 20.7 Å². The van der Waals surface area contributed by atoms with E-state index >= 15 is 0 Å². The Morgan fingerprint density at radius 3 is 2.29 bits per heavy atom. The summed E-state index contributed by atoms with van der Waals surface area (Å²) < 4.78 is 37.0. The molecule has 1 N–H and O–H groups in total. The number of non-ortho nitro benzene ring substituents is 1. The molecule has 1 fully saturated rings. The maximum Gasteiger partial charge on any atom is 0.269 e. The molecule has 3 aromatic carbocycles. The van der Waals surface area contributed by atoms with E-state index in [1.165, 1.54) is 36.4 Å². The largest absolute Gasteiger partial charge is 0.490 e. The highest BCUT2D eigenvalue weighted by molar-refractivity contribution is 7.91. The van der Waals surface area contributed by atoms with Crippen LogP contribution in [0, 0.1) is 10.1 Å². The van der Waals surface area contributed by atoms with Crippen LogP contribution >= 0.6 is 0 Å². The Balaban J connectivity index is 1.45. The number of ether oxygens (including phenoxy) is 2. The number of benzene rings is 3. The number of anilines is 1. The van der Waals surface area contributed by atoms with Crippen molar-refractivity contribution >= 4 is 27.1 Å². The van der Waals surface area contributed by atoms with E-state index in [0.717, 1.165) is 25.0 Å². The van der Waals surface area contributed by atoms with Gasteiger partial charge in [0.05, 0.1) is 26.4 Å². The number of para-hydroxylation sites is 1. The average molecular weight is 483 g/mol. The van der Waals surface area contributed by atoms with Gasteiger partial charge in [0.2, 0.25) is 9.84 Å². The van der Waals surface area contributed by atoms with Crippen molar-refractivity contribution in [3.05, 3.63) is 88.5 Å². The number of carbonyl (C=O) groups excluding carboxylic acids is 1. The van der Waals surface area contributed by atoms with Crippen molar-refractivity contribution in [3.8, 4) is 5.75 Å². The maximum atomic E-state index is 12.8. The molecular weight excluding hydrogens is 460 g/mol. The van der Waals surface area contributed by atoms with Gasteiger partial charge in [0.25, 0.3) is 11.6 Å². The van der Waals surface area contributed by atoms with Crippen LogP contribution < -0.4 is 10.1 Å². The van der Waals surface area contributed by atoms with Crippen molar-refractivity contribution in [1.29, 1.82) is 0 Å². The number of nitrogens with zero attached hydrogens (tertiary/aromatic N) is 1. The lowest BCUT2D eigenvalue weighted by atomic mass is 10.1. The lowest BCUT2D eigenvalue weighted by Gasteiger charge is -2.14. The minimum atomic E-state index is -3.87. The highest BCUT2D eigenvalue weighted by Gasteiger charge is 2.20. The molecule has 0 radical (unpaired) electrons. The van der Waals surface area contributed by atoms with Crippen LogP contribution in [0.4, 0.5) is 11.4 Å². The van der Waals surface area contributed by atoms with Crippen molar-refractivity contribution in [2.24, 2.45) is 0 Å². The van der Waals surface area contributed by atoms with E-state index in [4.69, 9.17) is 9.47 Å². The highest BCUT2D eigenvalue weighted by atomic mass is 32.2. The fraction of sp³-hybridized carbons (Fsp3) is 0.208. The van der Waals surface area contributed by atoms with E-state index in [-0.39, 0.29) is 21.6 Å². The molecule has 1 saturated heterocycles. The molecule has 1 unspecified atom stereocenters. The Kier molecular flexibility index (Phi) is 6.90. The number of nitro groups is 1. The summed E-state index contributed by atoms with van der Waals surface area (Å²) in [5.74, 6) is 0.0433. The van der Waals surface area contributed by atoms with Gasteiger partial charge in [0, 0.05) is 24.4 Å². The lowest BCUT2D eigenvalue weighted by molar-refractivity contribution is -0.384. The van der Waals surface area contributed by atoms with Gasteiger partial charge in [-0.2, -0.15) is 0 Å². The molecule has 1 heterocycles.